The second-order valence-corrected chi connectivity index (χ2v) is 4.23. The molecule has 4 nitrogen and oxygen atoms in total. The molecule has 0 spiro atoms. The van der Waals surface area contributed by atoms with Gasteiger partial charge in [-0.3, -0.25) is 4.79 Å². The van der Waals surface area contributed by atoms with Crippen LogP contribution in [0.1, 0.15) is 20.8 Å². The molecule has 4 heteroatoms. The summed E-state index contributed by atoms with van der Waals surface area (Å²) in [7, 11) is 0. The van der Waals surface area contributed by atoms with Crippen LogP contribution < -0.4 is 0 Å². The third-order valence-electron chi connectivity index (χ3n) is 2.03. The average Bonchev–Trinajstić information content (AvgIpc) is 1.95. The molecule has 2 rings (SSSR count). The molecule has 2 aliphatic rings. The third-order valence-corrected chi connectivity index (χ3v) is 2.03. The summed E-state index contributed by atoms with van der Waals surface area (Å²) in [4.78, 5) is 9.60. The Morgan fingerprint density at radius 2 is 1.46 bits per heavy atom. The molecule has 0 aromatic rings. The van der Waals surface area contributed by atoms with Crippen LogP contribution in [0.4, 0.5) is 0 Å². The van der Waals surface area contributed by atoms with Gasteiger partial charge in [0.05, 0.1) is 0 Å². The molecule has 2 heterocycles. The number of hydrazine groups is 1. The minimum absolute atomic E-state index is 0.318. The number of fused-ring (bicyclic) bond motifs is 1. The molecular formula is C9H18N2O2. The molecule has 0 aromatic carbocycles. The third kappa shape index (κ3) is 3.32. The second-order valence-electron chi connectivity index (χ2n) is 4.23. The van der Waals surface area contributed by atoms with Gasteiger partial charge in [0.25, 0.3) is 6.47 Å². The Bertz CT molecular complexity index is 159. The van der Waals surface area contributed by atoms with E-state index < -0.39 is 0 Å². The Balaban J connectivity index is 0.000000130. The van der Waals surface area contributed by atoms with Crippen LogP contribution in [0.3, 0.4) is 0 Å². The molecule has 0 N–H and O–H groups in total. The Hall–Kier alpha value is -0.610. The lowest BCUT2D eigenvalue weighted by Crippen LogP contribution is -2.68. The van der Waals surface area contributed by atoms with Crippen LogP contribution in [0.25, 0.3) is 0 Å². The first-order chi connectivity index (χ1) is 6.03. The van der Waals surface area contributed by atoms with Crippen molar-refractivity contribution in [3.8, 4) is 0 Å². The summed E-state index contributed by atoms with van der Waals surface area (Å²) in [6, 6.07) is 0. The first-order valence-electron chi connectivity index (χ1n) is 4.64. The van der Waals surface area contributed by atoms with Gasteiger partial charge in [0.2, 0.25) is 0 Å². The van der Waals surface area contributed by atoms with Crippen molar-refractivity contribution in [1.82, 2.24) is 10.0 Å². The van der Waals surface area contributed by atoms with Gasteiger partial charge in [-0.2, -0.15) is 0 Å². The van der Waals surface area contributed by atoms with Crippen molar-refractivity contribution in [1.29, 1.82) is 0 Å². The van der Waals surface area contributed by atoms with E-state index in [1.807, 2.05) is 20.8 Å². The SMILES string of the molecule is C1CN2CCN12.CC(C)(C)OC=O. The van der Waals surface area contributed by atoms with E-state index in [0.29, 0.717) is 6.47 Å². The molecular weight excluding hydrogens is 168 g/mol. The first-order valence-corrected chi connectivity index (χ1v) is 4.64. The van der Waals surface area contributed by atoms with Crippen molar-refractivity contribution in [3.05, 3.63) is 0 Å². The molecule has 0 aliphatic carbocycles. The van der Waals surface area contributed by atoms with E-state index in [-0.39, 0.29) is 5.60 Å². The van der Waals surface area contributed by atoms with Gasteiger partial charge < -0.3 is 4.74 Å². The Kier molecular flexibility index (Phi) is 3.27. The largest absolute Gasteiger partial charge is 0.462 e. The van der Waals surface area contributed by atoms with E-state index in [0.717, 1.165) is 0 Å². The average molecular weight is 186 g/mol. The summed E-state index contributed by atoms with van der Waals surface area (Å²) in [5.41, 5.74) is -0.318. The summed E-state index contributed by atoms with van der Waals surface area (Å²) in [6.07, 6.45) is 0. The van der Waals surface area contributed by atoms with E-state index >= 15 is 0 Å². The number of hydrogen-bond donors (Lipinski definition) is 0. The fourth-order valence-corrected chi connectivity index (χ4v) is 1.13. The smallest absolute Gasteiger partial charge is 0.293 e. The summed E-state index contributed by atoms with van der Waals surface area (Å²) >= 11 is 0. The van der Waals surface area contributed by atoms with Gasteiger partial charge in [0.1, 0.15) is 5.60 Å². The van der Waals surface area contributed by atoms with Crippen molar-refractivity contribution < 1.29 is 9.53 Å². The standard InChI is InChI=1S/C5H10O2.C4H8N2/c1-5(2,3)7-4-6;1-2-6-4-3-5(1)6/h4H,1-3H3;1-4H2. The van der Waals surface area contributed by atoms with Crippen molar-refractivity contribution in [2.24, 2.45) is 0 Å². The molecule has 0 unspecified atom stereocenters. The highest BCUT2D eigenvalue weighted by molar-refractivity contribution is 5.37. The van der Waals surface area contributed by atoms with Crippen molar-refractivity contribution >= 4 is 6.47 Å². The molecule has 2 aliphatic heterocycles. The molecule has 0 amide bonds. The molecule has 0 aromatic heterocycles. The van der Waals surface area contributed by atoms with Crippen LogP contribution >= 0.6 is 0 Å². The number of ether oxygens (including phenoxy) is 1. The molecule has 0 saturated carbocycles. The molecule has 0 bridgehead atoms. The lowest BCUT2D eigenvalue weighted by Gasteiger charge is -2.52. The maximum absolute atomic E-state index is 9.60. The maximum Gasteiger partial charge on any atom is 0.293 e. The molecule has 2 fully saturated rings. The lowest BCUT2D eigenvalue weighted by atomic mass is 10.2. The summed E-state index contributed by atoms with van der Waals surface area (Å²) in [6.45, 7) is 11.2. The molecule has 13 heavy (non-hydrogen) atoms. The van der Waals surface area contributed by atoms with E-state index in [9.17, 15) is 4.79 Å². The number of carbonyl (C=O) groups excluding carboxylic acids is 1. The topological polar surface area (TPSA) is 32.8 Å². The van der Waals surface area contributed by atoms with E-state index in [1.165, 1.54) is 26.2 Å². The lowest BCUT2D eigenvalue weighted by molar-refractivity contribution is -0.189. The zero-order valence-corrected chi connectivity index (χ0v) is 8.62. The highest BCUT2D eigenvalue weighted by Gasteiger charge is 2.32. The van der Waals surface area contributed by atoms with Crippen LogP contribution in [-0.2, 0) is 9.53 Å². The normalized spacial score (nSPS) is 21.5. The number of rotatable bonds is 1. The quantitative estimate of drug-likeness (QED) is 0.558. The van der Waals surface area contributed by atoms with Gasteiger partial charge in [-0.05, 0) is 20.8 Å². The van der Waals surface area contributed by atoms with Gasteiger partial charge in [-0.15, -0.1) is 0 Å². The van der Waals surface area contributed by atoms with Crippen molar-refractivity contribution in [3.63, 3.8) is 0 Å². The second kappa shape index (κ2) is 4.07. The van der Waals surface area contributed by atoms with Crippen LogP contribution in [-0.4, -0.2) is 48.3 Å². The van der Waals surface area contributed by atoms with Crippen molar-refractivity contribution in [2.45, 2.75) is 26.4 Å². The Labute approximate surface area is 79.4 Å². The monoisotopic (exact) mass is 186 g/mol. The van der Waals surface area contributed by atoms with E-state index in [2.05, 4.69) is 14.8 Å². The van der Waals surface area contributed by atoms with Crippen LogP contribution in [0.15, 0.2) is 0 Å². The van der Waals surface area contributed by atoms with Gasteiger partial charge in [-0.1, -0.05) is 0 Å². The van der Waals surface area contributed by atoms with E-state index in [1.54, 1.807) is 0 Å². The van der Waals surface area contributed by atoms with Crippen LogP contribution in [0.2, 0.25) is 0 Å². The molecule has 0 atom stereocenters. The predicted molar refractivity (Wildman–Crippen MR) is 50.0 cm³/mol. The first kappa shape index (κ1) is 10.5. The molecule has 2 saturated heterocycles. The molecule has 76 valence electrons. The highest BCUT2D eigenvalue weighted by atomic mass is 16.5. The fourth-order valence-electron chi connectivity index (χ4n) is 1.13. The van der Waals surface area contributed by atoms with Gasteiger partial charge in [0, 0.05) is 26.2 Å². The summed E-state index contributed by atoms with van der Waals surface area (Å²) < 4.78 is 4.55. The molecule has 0 radical (unpaired) electrons. The van der Waals surface area contributed by atoms with E-state index in [4.69, 9.17) is 0 Å². The maximum atomic E-state index is 9.60. The highest BCUT2D eigenvalue weighted by Crippen LogP contribution is 2.16. The number of carbonyl (C=O) groups is 1. The predicted octanol–water partition coefficient (Wildman–Crippen LogP) is 0.490. The van der Waals surface area contributed by atoms with Crippen LogP contribution in [0.5, 0.6) is 0 Å². The minimum atomic E-state index is -0.318. The number of piperazine rings is 1. The van der Waals surface area contributed by atoms with Gasteiger partial charge in [-0.25, -0.2) is 10.0 Å². The van der Waals surface area contributed by atoms with Crippen LogP contribution in [0, 0.1) is 0 Å². The van der Waals surface area contributed by atoms with Crippen molar-refractivity contribution in [2.75, 3.05) is 26.2 Å². The summed E-state index contributed by atoms with van der Waals surface area (Å²) in [5.74, 6) is 0. The fraction of sp³-hybridized carbons (Fsp3) is 0.889. The number of hydrogen-bond acceptors (Lipinski definition) is 4. The zero-order chi connectivity index (χ0) is 9.90. The minimum Gasteiger partial charge on any atom is -0.462 e. The van der Waals surface area contributed by atoms with Gasteiger partial charge >= 0.3 is 0 Å². The number of nitrogens with zero attached hydrogens (tertiary/aromatic N) is 2. The van der Waals surface area contributed by atoms with Gasteiger partial charge in [0.15, 0.2) is 0 Å². The zero-order valence-electron chi connectivity index (χ0n) is 8.62. The Morgan fingerprint density at radius 1 is 1.08 bits per heavy atom. The Morgan fingerprint density at radius 3 is 1.46 bits per heavy atom. The summed E-state index contributed by atoms with van der Waals surface area (Å²) in [5, 5.41) is 4.72.